The number of nitrogens with one attached hydrogen (secondary N) is 2. The van der Waals surface area contributed by atoms with Crippen molar-refractivity contribution in [3.8, 4) is 11.3 Å². The number of rotatable bonds is 8. The van der Waals surface area contributed by atoms with Crippen molar-refractivity contribution in [2.24, 2.45) is 5.92 Å². The zero-order valence-electron chi connectivity index (χ0n) is 21.8. The summed E-state index contributed by atoms with van der Waals surface area (Å²) in [4.78, 5) is 18.4. The number of piperidine rings is 1. The minimum atomic E-state index is -0.0122. The molecule has 1 fully saturated rings. The van der Waals surface area contributed by atoms with E-state index in [1.807, 2.05) is 19.9 Å². The lowest BCUT2D eigenvalue weighted by Crippen LogP contribution is -2.33. The summed E-state index contributed by atoms with van der Waals surface area (Å²) in [7, 11) is 0. The number of carbonyl (C=O) groups excluding carboxylic acids is 1. The first-order chi connectivity index (χ1) is 18.0. The molecule has 0 bridgehead atoms. The van der Waals surface area contributed by atoms with Crippen molar-refractivity contribution >= 4 is 38.4 Å². The maximum atomic E-state index is 12.1. The van der Waals surface area contributed by atoms with Crippen LogP contribution in [0.3, 0.4) is 0 Å². The Balaban J connectivity index is 1.19. The Morgan fingerprint density at radius 3 is 2.59 bits per heavy atom. The van der Waals surface area contributed by atoms with Crippen LogP contribution in [-0.2, 0) is 11.2 Å². The minimum Gasteiger partial charge on any atom is -0.354 e. The second-order valence-electron chi connectivity index (χ2n) is 10.5. The quantitative estimate of drug-likeness (QED) is 0.230. The molecule has 0 atom stereocenters. The maximum Gasteiger partial charge on any atom is 0.226 e. The summed E-state index contributed by atoms with van der Waals surface area (Å²) < 4.78 is 1.10. The van der Waals surface area contributed by atoms with E-state index >= 15 is 0 Å². The van der Waals surface area contributed by atoms with Gasteiger partial charge in [-0.05, 0) is 98.3 Å². The highest BCUT2D eigenvalue weighted by atomic mass is 79.9. The molecule has 1 aliphatic rings. The molecule has 1 aliphatic heterocycles. The van der Waals surface area contributed by atoms with Crippen LogP contribution in [0.25, 0.3) is 22.2 Å². The molecule has 2 N–H and O–H groups in total. The van der Waals surface area contributed by atoms with Crippen molar-refractivity contribution in [3.63, 3.8) is 0 Å². The van der Waals surface area contributed by atoms with Crippen LogP contribution in [0.15, 0.2) is 77.3 Å². The molecule has 0 aliphatic carbocycles. The lowest BCUT2D eigenvalue weighted by atomic mass is 9.89. The van der Waals surface area contributed by atoms with Gasteiger partial charge in [-0.15, -0.1) is 0 Å². The second-order valence-corrected chi connectivity index (χ2v) is 11.4. The summed E-state index contributed by atoms with van der Waals surface area (Å²) in [5, 5.41) is 4.38. The van der Waals surface area contributed by atoms with Gasteiger partial charge in [-0.3, -0.25) is 4.79 Å². The summed E-state index contributed by atoms with van der Waals surface area (Å²) in [5.74, 6) is 0.621. The van der Waals surface area contributed by atoms with E-state index in [4.69, 9.17) is 0 Å². The number of H-pyrrole nitrogens is 1. The molecule has 0 unspecified atom stereocenters. The topological polar surface area (TPSA) is 48.1 Å². The van der Waals surface area contributed by atoms with Crippen LogP contribution in [0.5, 0.6) is 0 Å². The predicted molar refractivity (Wildman–Crippen MR) is 158 cm³/mol. The van der Waals surface area contributed by atoms with Gasteiger partial charge in [-0.25, -0.2) is 0 Å². The van der Waals surface area contributed by atoms with Crippen molar-refractivity contribution in [1.29, 1.82) is 0 Å². The van der Waals surface area contributed by atoms with Gasteiger partial charge < -0.3 is 15.2 Å². The SMILES string of the molecule is CC(C)C(=O)Nc1cccc(C2CCN(CCCc3c(-c4cccc(Br)c4)[nH]c4ccccc34)CC2)c1. The number of carbonyl (C=O) groups is 1. The summed E-state index contributed by atoms with van der Waals surface area (Å²) >= 11 is 3.64. The first-order valence-electron chi connectivity index (χ1n) is 13.5. The zero-order chi connectivity index (χ0) is 25.8. The van der Waals surface area contributed by atoms with Crippen LogP contribution >= 0.6 is 15.9 Å². The minimum absolute atomic E-state index is 0.0122. The number of amides is 1. The number of hydrogen-bond donors (Lipinski definition) is 2. The molecule has 1 amide bonds. The fraction of sp³-hybridized carbons (Fsp3) is 0.344. The Bertz CT molecular complexity index is 1370. The number of hydrogen-bond acceptors (Lipinski definition) is 2. The van der Waals surface area contributed by atoms with Gasteiger partial charge in [0, 0.05) is 32.7 Å². The molecule has 5 rings (SSSR count). The molecule has 3 aromatic carbocycles. The van der Waals surface area contributed by atoms with Gasteiger partial charge in [0.25, 0.3) is 0 Å². The normalized spacial score (nSPS) is 14.9. The van der Waals surface area contributed by atoms with E-state index in [0.717, 1.165) is 55.5 Å². The highest BCUT2D eigenvalue weighted by Crippen LogP contribution is 2.33. The third-order valence-electron chi connectivity index (χ3n) is 7.57. The van der Waals surface area contributed by atoms with E-state index < -0.39 is 0 Å². The molecular formula is C32H36BrN3O. The summed E-state index contributed by atoms with van der Waals surface area (Å²) in [6.07, 6.45) is 4.53. The standard InChI is InChI=1S/C32H36BrN3O/c1-22(2)32(37)34-27-11-6-8-24(21-27)23-15-18-36(19-16-23)17-7-13-29-28-12-3-4-14-30(28)35-31(29)25-9-5-10-26(33)20-25/h3-6,8-12,14,20-23,35H,7,13,15-19H2,1-2H3,(H,34,37). The third kappa shape index (κ3) is 6.16. The molecule has 37 heavy (non-hydrogen) atoms. The largest absolute Gasteiger partial charge is 0.354 e. The van der Waals surface area contributed by atoms with Gasteiger partial charge in [0.2, 0.25) is 5.91 Å². The Labute approximate surface area is 228 Å². The molecule has 0 radical (unpaired) electrons. The molecule has 5 heteroatoms. The second kappa shape index (κ2) is 11.7. The van der Waals surface area contributed by atoms with Crippen molar-refractivity contribution < 1.29 is 4.79 Å². The Hall–Kier alpha value is -2.89. The van der Waals surface area contributed by atoms with Gasteiger partial charge in [-0.2, -0.15) is 0 Å². The van der Waals surface area contributed by atoms with Gasteiger partial charge in [-0.1, -0.05) is 72.2 Å². The Kier molecular flexibility index (Phi) is 8.11. The fourth-order valence-corrected chi connectivity index (χ4v) is 5.88. The number of halogens is 1. The third-order valence-corrected chi connectivity index (χ3v) is 8.06. The average Bonchev–Trinajstić information content (AvgIpc) is 3.28. The van der Waals surface area contributed by atoms with Crippen molar-refractivity contribution in [2.45, 2.75) is 45.4 Å². The summed E-state index contributed by atoms with van der Waals surface area (Å²) in [6.45, 7) is 7.22. The molecule has 2 heterocycles. The number of anilines is 1. The van der Waals surface area contributed by atoms with E-state index in [1.54, 1.807) is 0 Å². The Morgan fingerprint density at radius 1 is 1.03 bits per heavy atom. The highest BCUT2D eigenvalue weighted by molar-refractivity contribution is 9.10. The maximum absolute atomic E-state index is 12.1. The number of aryl methyl sites for hydroxylation is 1. The smallest absolute Gasteiger partial charge is 0.226 e. The molecular weight excluding hydrogens is 522 g/mol. The van der Waals surface area contributed by atoms with E-state index in [0.29, 0.717) is 5.92 Å². The summed E-state index contributed by atoms with van der Waals surface area (Å²) in [6, 6.07) is 25.7. The molecule has 1 aromatic heterocycles. The fourth-order valence-electron chi connectivity index (χ4n) is 5.48. The molecule has 192 valence electrons. The molecule has 0 spiro atoms. The highest BCUT2D eigenvalue weighted by Gasteiger charge is 2.21. The molecule has 1 saturated heterocycles. The monoisotopic (exact) mass is 557 g/mol. The van der Waals surface area contributed by atoms with E-state index in [-0.39, 0.29) is 11.8 Å². The molecule has 4 nitrogen and oxygen atoms in total. The number of likely N-dealkylation sites (tertiary alicyclic amines) is 1. The number of benzene rings is 3. The van der Waals surface area contributed by atoms with Crippen LogP contribution in [0, 0.1) is 5.92 Å². The van der Waals surface area contributed by atoms with Crippen LogP contribution in [0.4, 0.5) is 5.69 Å². The van der Waals surface area contributed by atoms with Gasteiger partial charge in [0.05, 0.1) is 0 Å². The van der Waals surface area contributed by atoms with E-state index in [1.165, 1.54) is 33.3 Å². The first-order valence-corrected chi connectivity index (χ1v) is 14.3. The van der Waals surface area contributed by atoms with Crippen LogP contribution in [0.1, 0.15) is 50.2 Å². The average molecular weight is 559 g/mol. The zero-order valence-corrected chi connectivity index (χ0v) is 23.4. The summed E-state index contributed by atoms with van der Waals surface area (Å²) in [5.41, 5.74) is 7.36. The molecule has 4 aromatic rings. The number of aromatic amines is 1. The Morgan fingerprint density at radius 2 is 1.81 bits per heavy atom. The number of fused-ring (bicyclic) bond motifs is 1. The lowest BCUT2D eigenvalue weighted by Gasteiger charge is -2.32. The van der Waals surface area contributed by atoms with Crippen molar-refractivity contribution in [1.82, 2.24) is 9.88 Å². The van der Waals surface area contributed by atoms with Crippen LogP contribution in [-0.4, -0.2) is 35.4 Å². The van der Waals surface area contributed by atoms with Gasteiger partial charge in [0.1, 0.15) is 0 Å². The van der Waals surface area contributed by atoms with E-state index in [2.05, 4.69) is 97.9 Å². The van der Waals surface area contributed by atoms with Crippen molar-refractivity contribution in [3.05, 3.63) is 88.4 Å². The van der Waals surface area contributed by atoms with Crippen LogP contribution in [0.2, 0.25) is 0 Å². The van der Waals surface area contributed by atoms with E-state index in [9.17, 15) is 4.79 Å². The lowest BCUT2D eigenvalue weighted by molar-refractivity contribution is -0.118. The van der Waals surface area contributed by atoms with Gasteiger partial charge >= 0.3 is 0 Å². The molecule has 0 saturated carbocycles. The van der Waals surface area contributed by atoms with Crippen LogP contribution < -0.4 is 5.32 Å². The number of para-hydroxylation sites is 1. The first kappa shape index (κ1) is 25.7. The predicted octanol–water partition coefficient (Wildman–Crippen LogP) is 8.00. The number of aromatic nitrogens is 1. The number of nitrogens with zero attached hydrogens (tertiary/aromatic N) is 1. The van der Waals surface area contributed by atoms with Crippen molar-refractivity contribution in [2.75, 3.05) is 25.0 Å². The van der Waals surface area contributed by atoms with Gasteiger partial charge in [0.15, 0.2) is 0 Å².